The van der Waals surface area contributed by atoms with Gasteiger partial charge in [0.2, 0.25) is 0 Å². The van der Waals surface area contributed by atoms with E-state index in [0.717, 1.165) is 30.3 Å². The van der Waals surface area contributed by atoms with Crippen LogP contribution in [-0.4, -0.2) is 36.2 Å². The third-order valence-corrected chi connectivity index (χ3v) is 4.09. The topological polar surface area (TPSA) is 32.7 Å². The third kappa shape index (κ3) is 3.71. The first-order chi connectivity index (χ1) is 9.15. The van der Waals surface area contributed by atoms with Crippen molar-refractivity contribution in [1.82, 2.24) is 4.90 Å². The van der Waals surface area contributed by atoms with E-state index in [2.05, 4.69) is 18.7 Å². The Morgan fingerprint density at radius 2 is 1.95 bits per heavy atom. The van der Waals surface area contributed by atoms with Gasteiger partial charge in [-0.3, -0.25) is 4.90 Å². The first kappa shape index (κ1) is 14.4. The monoisotopic (exact) mass is 263 g/mol. The smallest absolute Gasteiger partial charge is 0.118 e. The highest BCUT2D eigenvalue weighted by atomic mass is 16.5. The molecule has 0 heterocycles. The third-order valence-electron chi connectivity index (χ3n) is 4.09. The van der Waals surface area contributed by atoms with E-state index in [1.807, 2.05) is 24.3 Å². The average molecular weight is 263 g/mol. The zero-order valence-corrected chi connectivity index (χ0v) is 12.2. The Hall–Kier alpha value is -1.06. The molecule has 3 heteroatoms. The minimum absolute atomic E-state index is 0.152. The maximum absolute atomic E-state index is 10.5. The maximum Gasteiger partial charge on any atom is 0.118 e. The van der Waals surface area contributed by atoms with Crippen LogP contribution in [0.5, 0.6) is 5.75 Å². The van der Waals surface area contributed by atoms with Crippen LogP contribution in [0.3, 0.4) is 0 Å². The van der Waals surface area contributed by atoms with Crippen LogP contribution in [0.4, 0.5) is 0 Å². The number of hydrogen-bond donors (Lipinski definition) is 1. The quantitative estimate of drug-likeness (QED) is 0.821. The SMILES string of the molecule is CCN(CC1CC1)C(C)C(O)c1ccc(OC)cc1. The molecule has 0 aromatic heterocycles. The summed E-state index contributed by atoms with van der Waals surface area (Å²) in [6.45, 7) is 6.39. The minimum atomic E-state index is -0.440. The molecule has 106 valence electrons. The molecule has 1 fully saturated rings. The molecule has 1 N–H and O–H groups in total. The fourth-order valence-electron chi connectivity index (χ4n) is 2.49. The van der Waals surface area contributed by atoms with Crippen molar-refractivity contribution in [2.24, 2.45) is 5.92 Å². The minimum Gasteiger partial charge on any atom is -0.497 e. The Morgan fingerprint density at radius 1 is 1.32 bits per heavy atom. The predicted octanol–water partition coefficient (Wildman–Crippen LogP) is 2.85. The molecule has 1 saturated carbocycles. The Bertz CT molecular complexity index is 386. The molecule has 1 aliphatic carbocycles. The summed E-state index contributed by atoms with van der Waals surface area (Å²) >= 11 is 0. The molecule has 2 unspecified atom stereocenters. The summed E-state index contributed by atoms with van der Waals surface area (Å²) < 4.78 is 5.15. The second-order valence-corrected chi connectivity index (χ2v) is 5.49. The number of likely N-dealkylation sites (N-methyl/N-ethyl adjacent to an activating group) is 1. The molecule has 1 aromatic rings. The standard InChI is InChI=1S/C16H25NO2/c1-4-17(11-13-5-6-13)12(2)16(18)14-7-9-15(19-3)10-8-14/h7-10,12-13,16,18H,4-6,11H2,1-3H3. The van der Waals surface area contributed by atoms with E-state index in [9.17, 15) is 5.11 Å². The second-order valence-electron chi connectivity index (χ2n) is 5.49. The van der Waals surface area contributed by atoms with E-state index >= 15 is 0 Å². The molecule has 0 spiro atoms. The van der Waals surface area contributed by atoms with Gasteiger partial charge >= 0.3 is 0 Å². The lowest BCUT2D eigenvalue weighted by Gasteiger charge is -2.31. The molecule has 0 aliphatic heterocycles. The van der Waals surface area contributed by atoms with Crippen molar-refractivity contribution < 1.29 is 9.84 Å². The average Bonchev–Trinajstić information content (AvgIpc) is 3.27. The van der Waals surface area contributed by atoms with Crippen molar-refractivity contribution >= 4 is 0 Å². The number of nitrogens with zero attached hydrogens (tertiary/aromatic N) is 1. The van der Waals surface area contributed by atoms with Crippen LogP contribution in [0.2, 0.25) is 0 Å². The Balaban J connectivity index is 2.00. The molecule has 1 aliphatic rings. The Morgan fingerprint density at radius 3 is 2.42 bits per heavy atom. The molecule has 0 radical (unpaired) electrons. The van der Waals surface area contributed by atoms with Gasteiger partial charge in [-0.2, -0.15) is 0 Å². The summed E-state index contributed by atoms with van der Waals surface area (Å²) in [6.07, 6.45) is 2.26. The first-order valence-electron chi connectivity index (χ1n) is 7.21. The summed E-state index contributed by atoms with van der Waals surface area (Å²) in [5.74, 6) is 1.68. The number of methoxy groups -OCH3 is 1. The van der Waals surface area contributed by atoms with Gasteiger partial charge in [0.25, 0.3) is 0 Å². The van der Waals surface area contributed by atoms with Gasteiger partial charge in [0, 0.05) is 12.6 Å². The van der Waals surface area contributed by atoms with Crippen LogP contribution in [0, 0.1) is 5.92 Å². The van der Waals surface area contributed by atoms with Crippen molar-refractivity contribution in [1.29, 1.82) is 0 Å². The maximum atomic E-state index is 10.5. The Kier molecular flexibility index (Phi) is 4.83. The van der Waals surface area contributed by atoms with Crippen LogP contribution < -0.4 is 4.74 Å². The largest absolute Gasteiger partial charge is 0.497 e. The predicted molar refractivity (Wildman–Crippen MR) is 77.4 cm³/mol. The number of hydrogen-bond acceptors (Lipinski definition) is 3. The van der Waals surface area contributed by atoms with E-state index in [1.165, 1.54) is 12.8 Å². The van der Waals surface area contributed by atoms with Crippen molar-refractivity contribution in [3.8, 4) is 5.75 Å². The van der Waals surface area contributed by atoms with E-state index in [1.54, 1.807) is 7.11 Å². The van der Waals surface area contributed by atoms with E-state index in [0.29, 0.717) is 0 Å². The highest BCUT2D eigenvalue weighted by molar-refractivity contribution is 5.29. The fraction of sp³-hybridized carbons (Fsp3) is 0.625. The number of rotatable bonds is 7. The molecule has 2 atom stereocenters. The molecule has 2 rings (SSSR count). The Labute approximate surface area is 116 Å². The van der Waals surface area contributed by atoms with Crippen molar-refractivity contribution in [3.05, 3.63) is 29.8 Å². The molecule has 19 heavy (non-hydrogen) atoms. The summed E-state index contributed by atoms with van der Waals surface area (Å²) in [7, 11) is 1.66. The molecule has 0 bridgehead atoms. The van der Waals surface area contributed by atoms with Gasteiger partial charge in [0.15, 0.2) is 0 Å². The van der Waals surface area contributed by atoms with Gasteiger partial charge in [-0.25, -0.2) is 0 Å². The normalized spacial score (nSPS) is 18.4. The van der Waals surface area contributed by atoms with Crippen LogP contribution in [0.15, 0.2) is 24.3 Å². The van der Waals surface area contributed by atoms with E-state index in [-0.39, 0.29) is 6.04 Å². The molecule has 1 aromatic carbocycles. The van der Waals surface area contributed by atoms with Crippen LogP contribution in [-0.2, 0) is 0 Å². The first-order valence-corrected chi connectivity index (χ1v) is 7.21. The number of aliphatic hydroxyl groups excluding tert-OH is 1. The van der Waals surface area contributed by atoms with Gasteiger partial charge in [-0.15, -0.1) is 0 Å². The highest BCUT2D eigenvalue weighted by Gasteiger charge is 2.28. The molecular formula is C16H25NO2. The lowest BCUT2D eigenvalue weighted by Crippen LogP contribution is -2.38. The molecule has 3 nitrogen and oxygen atoms in total. The second kappa shape index (κ2) is 6.40. The molecular weight excluding hydrogens is 238 g/mol. The van der Waals surface area contributed by atoms with Gasteiger partial charge in [0.05, 0.1) is 13.2 Å². The summed E-state index contributed by atoms with van der Waals surface area (Å²) in [6, 6.07) is 7.86. The van der Waals surface area contributed by atoms with Gasteiger partial charge in [-0.05, 0) is 49.9 Å². The summed E-state index contributed by atoms with van der Waals surface area (Å²) in [4.78, 5) is 2.38. The van der Waals surface area contributed by atoms with E-state index < -0.39 is 6.10 Å². The molecule has 0 saturated heterocycles. The zero-order valence-electron chi connectivity index (χ0n) is 12.2. The van der Waals surface area contributed by atoms with Gasteiger partial charge < -0.3 is 9.84 Å². The fourth-order valence-corrected chi connectivity index (χ4v) is 2.49. The number of benzene rings is 1. The lowest BCUT2D eigenvalue weighted by atomic mass is 10.0. The number of aliphatic hydroxyl groups is 1. The van der Waals surface area contributed by atoms with Crippen molar-refractivity contribution in [2.45, 2.75) is 38.8 Å². The van der Waals surface area contributed by atoms with Gasteiger partial charge in [-0.1, -0.05) is 19.1 Å². The highest BCUT2D eigenvalue weighted by Crippen LogP contribution is 2.32. The van der Waals surface area contributed by atoms with Crippen LogP contribution >= 0.6 is 0 Å². The van der Waals surface area contributed by atoms with Crippen molar-refractivity contribution in [2.75, 3.05) is 20.2 Å². The van der Waals surface area contributed by atoms with Gasteiger partial charge in [0.1, 0.15) is 5.75 Å². The lowest BCUT2D eigenvalue weighted by molar-refractivity contribution is 0.0581. The molecule has 0 amide bonds. The summed E-state index contributed by atoms with van der Waals surface area (Å²) in [5.41, 5.74) is 0.961. The zero-order chi connectivity index (χ0) is 13.8. The summed E-state index contributed by atoms with van der Waals surface area (Å²) in [5, 5.41) is 10.5. The van der Waals surface area contributed by atoms with Crippen LogP contribution in [0.1, 0.15) is 38.4 Å². The number of ether oxygens (including phenoxy) is 1. The van der Waals surface area contributed by atoms with E-state index in [4.69, 9.17) is 4.74 Å². The van der Waals surface area contributed by atoms with Crippen molar-refractivity contribution in [3.63, 3.8) is 0 Å². The van der Waals surface area contributed by atoms with Crippen LogP contribution in [0.25, 0.3) is 0 Å².